The molecule has 27 heavy (non-hydrogen) atoms. The van der Waals surface area contributed by atoms with Crippen molar-refractivity contribution in [2.24, 2.45) is 0 Å². The van der Waals surface area contributed by atoms with Gasteiger partial charge in [0.15, 0.2) is 0 Å². The number of ether oxygens (including phenoxy) is 1. The minimum absolute atomic E-state index is 0.104. The van der Waals surface area contributed by atoms with E-state index in [1.165, 1.54) is 11.0 Å². The Morgan fingerprint density at radius 1 is 1.26 bits per heavy atom. The van der Waals surface area contributed by atoms with Gasteiger partial charge in [0.2, 0.25) is 0 Å². The van der Waals surface area contributed by atoms with Gasteiger partial charge in [-0.3, -0.25) is 4.68 Å². The number of methoxy groups -OCH3 is 1. The molecule has 1 aromatic carbocycles. The zero-order valence-corrected chi connectivity index (χ0v) is 16.1. The number of nitrogens with zero attached hydrogens (tertiary/aromatic N) is 3. The highest BCUT2D eigenvalue weighted by Gasteiger charge is 2.39. The Bertz CT molecular complexity index is 899. The van der Waals surface area contributed by atoms with E-state index >= 15 is 0 Å². The van der Waals surface area contributed by atoms with Crippen LogP contribution < -0.4 is 4.90 Å². The van der Waals surface area contributed by atoms with Gasteiger partial charge in [0, 0.05) is 31.8 Å². The minimum Gasteiger partial charge on any atom is -0.379 e. The first kappa shape index (κ1) is 19.8. The zero-order chi connectivity index (χ0) is 19.8. The molecular formula is C19H21ClF3N3O. The van der Waals surface area contributed by atoms with Crippen LogP contribution in [-0.2, 0) is 11.3 Å². The van der Waals surface area contributed by atoms with Crippen LogP contribution in [0.25, 0.3) is 10.9 Å². The first-order valence-corrected chi connectivity index (χ1v) is 8.92. The van der Waals surface area contributed by atoms with Gasteiger partial charge < -0.3 is 9.64 Å². The number of aryl methyl sites for hydroxylation is 1. The van der Waals surface area contributed by atoms with Gasteiger partial charge in [0.25, 0.3) is 0 Å². The van der Waals surface area contributed by atoms with E-state index in [-0.39, 0.29) is 17.2 Å². The lowest BCUT2D eigenvalue weighted by Gasteiger charge is -2.30. The Morgan fingerprint density at radius 2 is 2.00 bits per heavy atom. The number of hydrogen-bond donors (Lipinski definition) is 0. The summed E-state index contributed by atoms with van der Waals surface area (Å²) in [6, 6.07) is 3.26. The molecule has 0 radical (unpaired) electrons. The largest absolute Gasteiger partial charge is 0.431 e. The lowest BCUT2D eigenvalue weighted by molar-refractivity contribution is -0.0933. The number of aromatic nitrogens is 2. The second-order valence-corrected chi connectivity index (χ2v) is 7.46. The summed E-state index contributed by atoms with van der Waals surface area (Å²) in [7, 11) is 1.66. The molecular weight excluding hydrogens is 379 g/mol. The normalized spacial score (nSPS) is 15.5. The number of alkyl halides is 3. The molecule has 0 amide bonds. The van der Waals surface area contributed by atoms with Gasteiger partial charge in [-0.25, -0.2) is 0 Å². The van der Waals surface area contributed by atoms with E-state index in [0.29, 0.717) is 17.7 Å². The van der Waals surface area contributed by atoms with Gasteiger partial charge in [0.1, 0.15) is 5.70 Å². The average Bonchev–Trinajstić information content (AvgIpc) is 3.00. The number of rotatable bonds is 5. The molecule has 0 atom stereocenters. The van der Waals surface area contributed by atoms with Crippen LogP contribution in [0.1, 0.15) is 20.3 Å². The Labute approximate surface area is 160 Å². The van der Waals surface area contributed by atoms with Crippen LogP contribution in [0.2, 0.25) is 5.02 Å². The van der Waals surface area contributed by atoms with E-state index in [0.717, 1.165) is 17.9 Å². The Kier molecular flexibility index (Phi) is 5.27. The van der Waals surface area contributed by atoms with Crippen LogP contribution in [0.3, 0.4) is 0 Å². The maximum Gasteiger partial charge on any atom is 0.431 e. The third-order valence-electron chi connectivity index (χ3n) is 4.67. The molecule has 0 saturated carbocycles. The number of fused-ring (bicyclic) bond motifs is 1. The van der Waals surface area contributed by atoms with Crippen LogP contribution >= 0.6 is 11.6 Å². The SMILES string of the molecule is COC(C)(C)CCn1cc2cc(N3CC=CC=C3C(F)(F)F)c(Cl)cc2n1. The Balaban J connectivity index is 1.93. The Morgan fingerprint density at radius 3 is 2.67 bits per heavy atom. The predicted molar refractivity (Wildman–Crippen MR) is 101 cm³/mol. The van der Waals surface area contributed by atoms with Gasteiger partial charge in [-0.05, 0) is 38.5 Å². The van der Waals surface area contributed by atoms with Crippen molar-refractivity contribution in [1.82, 2.24) is 9.78 Å². The van der Waals surface area contributed by atoms with E-state index in [1.807, 2.05) is 20.0 Å². The molecule has 0 fully saturated rings. The molecule has 4 nitrogen and oxygen atoms in total. The predicted octanol–water partition coefficient (Wildman–Crippen LogP) is 5.33. The maximum absolute atomic E-state index is 13.4. The van der Waals surface area contributed by atoms with E-state index in [4.69, 9.17) is 16.3 Å². The number of allylic oxidation sites excluding steroid dienone is 3. The van der Waals surface area contributed by atoms with Crippen molar-refractivity contribution in [2.45, 2.75) is 38.6 Å². The third-order valence-corrected chi connectivity index (χ3v) is 4.97. The van der Waals surface area contributed by atoms with E-state index in [1.54, 1.807) is 30.0 Å². The van der Waals surface area contributed by atoms with Crippen molar-refractivity contribution in [3.05, 3.63) is 47.3 Å². The quantitative estimate of drug-likeness (QED) is 0.681. The highest BCUT2D eigenvalue weighted by Crippen LogP contribution is 2.38. The maximum atomic E-state index is 13.4. The molecule has 0 bridgehead atoms. The second kappa shape index (κ2) is 7.20. The first-order chi connectivity index (χ1) is 12.6. The van der Waals surface area contributed by atoms with Gasteiger partial charge in [-0.15, -0.1) is 0 Å². The van der Waals surface area contributed by atoms with Crippen LogP contribution in [0.4, 0.5) is 18.9 Å². The van der Waals surface area contributed by atoms with Crippen LogP contribution in [-0.4, -0.2) is 35.2 Å². The topological polar surface area (TPSA) is 30.3 Å². The van der Waals surface area contributed by atoms with Crippen LogP contribution in [0.5, 0.6) is 0 Å². The molecule has 0 spiro atoms. The van der Waals surface area contributed by atoms with Crippen molar-refractivity contribution >= 4 is 28.2 Å². The minimum atomic E-state index is -4.46. The fourth-order valence-electron chi connectivity index (χ4n) is 2.88. The number of halogens is 4. The lowest BCUT2D eigenvalue weighted by atomic mass is 10.1. The molecule has 1 aliphatic heterocycles. The summed E-state index contributed by atoms with van der Waals surface area (Å²) in [6.07, 6.45) is 2.22. The summed E-state index contributed by atoms with van der Waals surface area (Å²) in [6.45, 7) is 4.70. The van der Waals surface area contributed by atoms with Crippen molar-refractivity contribution in [1.29, 1.82) is 0 Å². The van der Waals surface area contributed by atoms with Crippen molar-refractivity contribution < 1.29 is 17.9 Å². The van der Waals surface area contributed by atoms with Gasteiger partial charge >= 0.3 is 6.18 Å². The van der Waals surface area contributed by atoms with E-state index < -0.39 is 11.9 Å². The summed E-state index contributed by atoms with van der Waals surface area (Å²) in [5.74, 6) is 0. The fraction of sp³-hybridized carbons (Fsp3) is 0.421. The summed E-state index contributed by atoms with van der Waals surface area (Å²) < 4.78 is 47.2. The molecule has 2 aromatic rings. The Hall–Kier alpha value is -1.99. The third kappa shape index (κ3) is 4.30. The van der Waals surface area contributed by atoms with E-state index in [9.17, 15) is 13.2 Å². The van der Waals surface area contributed by atoms with Crippen molar-refractivity contribution in [2.75, 3.05) is 18.6 Å². The number of anilines is 1. The lowest BCUT2D eigenvalue weighted by Crippen LogP contribution is -2.33. The molecule has 1 aliphatic rings. The number of hydrogen-bond acceptors (Lipinski definition) is 3. The molecule has 8 heteroatoms. The molecule has 3 rings (SSSR count). The summed E-state index contributed by atoms with van der Waals surface area (Å²) in [5, 5.41) is 5.44. The highest BCUT2D eigenvalue weighted by molar-refractivity contribution is 6.34. The monoisotopic (exact) mass is 399 g/mol. The standard InChI is InChI=1S/C19H21ClF3N3O/c1-18(2,27-3)7-9-25-12-13-10-16(14(20)11-15(13)24-25)26-8-5-4-6-17(26)19(21,22)23/h4-6,10-12H,7-9H2,1-3H3. The highest BCUT2D eigenvalue weighted by atomic mass is 35.5. The zero-order valence-electron chi connectivity index (χ0n) is 15.3. The molecule has 0 N–H and O–H groups in total. The number of benzene rings is 1. The van der Waals surface area contributed by atoms with E-state index in [2.05, 4.69) is 5.10 Å². The molecule has 146 valence electrons. The van der Waals surface area contributed by atoms with Crippen LogP contribution in [0, 0.1) is 0 Å². The first-order valence-electron chi connectivity index (χ1n) is 8.54. The molecule has 0 saturated heterocycles. The second-order valence-electron chi connectivity index (χ2n) is 7.06. The molecule has 2 heterocycles. The van der Waals surface area contributed by atoms with Crippen molar-refractivity contribution in [3.8, 4) is 0 Å². The van der Waals surface area contributed by atoms with Gasteiger partial charge in [0.05, 0.1) is 21.8 Å². The summed E-state index contributed by atoms with van der Waals surface area (Å²) in [4.78, 5) is 1.17. The molecule has 0 aliphatic carbocycles. The van der Waals surface area contributed by atoms with Crippen LogP contribution in [0.15, 0.2) is 42.3 Å². The van der Waals surface area contributed by atoms with Crippen molar-refractivity contribution in [3.63, 3.8) is 0 Å². The summed E-state index contributed by atoms with van der Waals surface area (Å²) in [5.41, 5.74) is -0.0635. The van der Waals surface area contributed by atoms with Gasteiger partial charge in [-0.1, -0.05) is 23.8 Å². The summed E-state index contributed by atoms with van der Waals surface area (Å²) >= 11 is 6.30. The average molecular weight is 400 g/mol. The smallest absolute Gasteiger partial charge is 0.379 e. The fourth-order valence-corrected chi connectivity index (χ4v) is 3.14. The molecule has 0 unspecified atom stereocenters. The molecule has 1 aromatic heterocycles. The van der Waals surface area contributed by atoms with Gasteiger partial charge in [-0.2, -0.15) is 18.3 Å².